The number of nitrogens with two attached hydrogens (primary N) is 2. The Morgan fingerprint density at radius 1 is 1.08 bits per heavy atom. The number of piperidine rings is 4. The van der Waals surface area contributed by atoms with Crippen molar-refractivity contribution < 1.29 is 23.8 Å². The summed E-state index contributed by atoms with van der Waals surface area (Å²) in [6.45, 7) is 6.39. The molecular weight excluding hydrogens is 496 g/mol. The van der Waals surface area contributed by atoms with Crippen LogP contribution in [0.1, 0.15) is 67.3 Å². The van der Waals surface area contributed by atoms with Gasteiger partial charge >= 0.3 is 5.97 Å². The normalized spacial score (nSPS) is 24.2. The second-order valence-corrected chi connectivity index (χ2v) is 10.9. The Balaban J connectivity index is 1.11. The number of carbonyl (C=O) groups excluding carboxylic acids is 2. The molecule has 0 spiro atoms. The van der Waals surface area contributed by atoms with E-state index >= 15 is 0 Å². The molecule has 4 fully saturated rings. The Hall–Kier alpha value is -2.07. The minimum atomic E-state index is -0.626. The predicted molar refractivity (Wildman–Crippen MR) is 143 cm³/mol. The van der Waals surface area contributed by atoms with Crippen molar-refractivity contribution in [1.29, 1.82) is 0 Å². The van der Waals surface area contributed by atoms with Crippen LogP contribution in [0.5, 0.6) is 5.75 Å². The SMILES string of the molecule is COc1c(C(N)=O)cc(Cl)c(N)c1COC1CCN(CCCCCC(=O)O[C@@H]2CN3CCC2CC3)CC1. The largest absolute Gasteiger partial charge is 0.495 e. The summed E-state index contributed by atoms with van der Waals surface area (Å²) < 4.78 is 17.3. The Bertz CT molecular complexity index is 945. The lowest BCUT2D eigenvalue weighted by Crippen LogP contribution is -2.51. The Kier molecular flexibility index (Phi) is 9.92. The molecule has 1 aromatic carbocycles. The molecule has 0 aliphatic carbocycles. The van der Waals surface area contributed by atoms with Gasteiger partial charge in [0.2, 0.25) is 0 Å². The molecule has 4 saturated heterocycles. The Labute approximate surface area is 224 Å². The van der Waals surface area contributed by atoms with Gasteiger partial charge in [0.05, 0.1) is 36.1 Å². The maximum absolute atomic E-state index is 12.3. The predicted octanol–water partition coefficient (Wildman–Crippen LogP) is 3.21. The first-order valence-electron chi connectivity index (χ1n) is 13.6. The Morgan fingerprint density at radius 3 is 2.43 bits per heavy atom. The number of halogens is 1. The zero-order valence-electron chi connectivity index (χ0n) is 21.9. The third kappa shape index (κ3) is 7.28. The number of nitrogen functional groups attached to an aromatic ring is 1. The fraction of sp³-hybridized carbons (Fsp3) is 0.704. The molecule has 10 heteroatoms. The molecular formula is C27H41ClN4O5. The van der Waals surface area contributed by atoms with E-state index in [1.54, 1.807) is 0 Å². The van der Waals surface area contributed by atoms with Crippen LogP contribution in [-0.2, 0) is 20.9 Å². The number of methoxy groups -OCH3 is 1. The summed E-state index contributed by atoms with van der Waals surface area (Å²) in [6, 6.07) is 1.43. The second-order valence-electron chi connectivity index (χ2n) is 10.5. The quantitative estimate of drug-likeness (QED) is 0.237. The zero-order valence-corrected chi connectivity index (χ0v) is 22.6. The zero-order chi connectivity index (χ0) is 26.4. The highest BCUT2D eigenvalue weighted by Gasteiger charge is 2.36. The summed E-state index contributed by atoms with van der Waals surface area (Å²) in [5.74, 6) is 0.230. The highest BCUT2D eigenvalue weighted by molar-refractivity contribution is 6.33. The molecule has 0 radical (unpaired) electrons. The molecule has 2 bridgehead atoms. The van der Waals surface area contributed by atoms with Crippen molar-refractivity contribution in [1.82, 2.24) is 9.80 Å². The summed E-state index contributed by atoms with van der Waals surface area (Å²) in [5, 5.41) is 0.260. The van der Waals surface area contributed by atoms with E-state index in [0.29, 0.717) is 29.3 Å². The molecule has 4 heterocycles. The third-order valence-electron chi connectivity index (χ3n) is 8.07. The van der Waals surface area contributed by atoms with Crippen LogP contribution < -0.4 is 16.2 Å². The molecule has 0 unspecified atom stereocenters. The number of primary amides is 1. The number of ether oxygens (including phenoxy) is 3. The van der Waals surface area contributed by atoms with E-state index in [1.165, 1.54) is 26.0 Å². The maximum Gasteiger partial charge on any atom is 0.306 e. The number of anilines is 1. The molecule has 5 rings (SSSR count). The van der Waals surface area contributed by atoms with Crippen LogP contribution in [0.4, 0.5) is 5.69 Å². The molecule has 0 saturated carbocycles. The number of benzene rings is 1. The van der Waals surface area contributed by atoms with E-state index in [1.807, 2.05) is 0 Å². The first-order chi connectivity index (χ1) is 17.9. The molecule has 4 aliphatic rings. The number of unbranched alkanes of at least 4 members (excludes halogenated alkanes) is 2. The topological polar surface area (TPSA) is 120 Å². The van der Waals surface area contributed by atoms with E-state index in [-0.39, 0.29) is 35.4 Å². The lowest BCUT2D eigenvalue weighted by atomic mass is 9.86. The molecule has 1 amide bonds. The van der Waals surface area contributed by atoms with Gasteiger partial charge in [-0.1, -0.05) is 18.0 Å². The summed E-state index contributed by atoms with van der Waals surface area (Å²) in [4.78, 5) is 28.9. The molecule has 37 heavy (non-hydrogen) atoms. The van der Waals surface area contributed by atoms with Gasteiger partial charge in [0.15, 0.2) is 0 Å². The van der Waals surface area contributed by atoms with E-state index in [4.69, 9.17) is 37.3 Å². The van der Waals surface area contributed by atoms with Crippen molar-refractivity contribution >= 4 is 29.2 Å². The number of hydrogen-bond acceptors (Lipinski definition) is 8. The molecule has 1 atom stereocenters. The van der Waals surface area contributed by atoms with Gasteiger partial charge in [-0.15, -0.1) is 0 Å². The van der Waals surface area contributed by atoms with Crippen LogP contribution in [0.25, 0.3) is 0 Å². The van der Waals surface area contributed by atoms with Crippen LogP contribution in [0.15, 0.2) is 6.07 Å². The minimum Gasteiger partial charge on any atom is -0.495 e. The van der Waals surface area contributed by atoms with Crippen LogP contribution in [-0.4, -0.2) is 80.3 Å². The summed E-state index contributed by atoms with van der Waals surface area (Å²) in [6.07, 6.45) is 7.87. The van der Waals surface area contributed by atoms with E-state index in [0.717, 1.165) is 71.4 Å². The number of carbonyl (C=O) groups is 2. The number of rotatable bonds is 12. The summed E-state index contributed by atoms with van der Waals surface area (Å²) in [5.41, 5.74) is 12.7. The van der Waals surface area contributed by atoms with Gasteiger partial charge in [0.25, 0.3) is 5.91 Å². The number of nitrogens with zero attached hydrogens (tertiary/aromatic N) is 2. The van der Waals surface area contributed by atoms with Crippen LogP contribution in [0.2, 0.25) is 5.02 Å². The highest BCUT2D eigenvalue weighted by Crippen LogP contribution is 2.36. The molecule has 9 nitrogen and oxygen atoms in total. The lowest BCUT2D eigenvalue weighted by molar-refractivity contribution is -0.158. The van der Waals surface area contributed by atoms with Crippen LogP contribution in [0.3, 0.4) is 0 Å². The summed E-state index contributed by atoms with van der Waals surface area (Å²) >= 11 is 6.20. The van der Waals surface area contributed by atoms with Crippen LogP contribution >= 0.6 is 11.6 Å². The average Bonchev–Trinajstić information content (AvgIpc) is 2.90. The van der Waals surface area contributed by atoms with Gasteiger partial charge in [0, 0.05) is 31.6 Å². The minimum absolute atomic E-state index is 0.0309. The highest BCUT2D eigenvalue weighted by atomic mass is 35.5. The number of fused-ring (bicyclic) bond motifs is 3. The van der Waals surface area contributed by atoms with E-state index in [2.05, 4.69) is 9.80 Å². The summed E-state index contributed by atoms with van der Waals surface area (Å²) in [7, 11) is 1.47. The molecule has 0 aromatic heterocycles. The lowest BCUT2D eigenvalue weighted by Gasteiger charge is -2.43. The average molecular weight is 537 g/mol. The number of esters is 1. The Morgan fingerprint density at radius 2 is 1.81 bits per heavy atom. The fourth-order valence-electron chi connectivity index (χ4n) is 5.81. The number of amides is 1. The molecule has 4 N–H and O–H groups in total. The van der Waals surface area contributed by atoms with E-state index in [9.17, 15) is 9.59 Å². The van der Waals surface area contributed by atoms with Gasteiger partial charge in [-0.2, -0.15) is 0 Å². The maximum atomic E-state index is 12.3. The van der Waals surface area contributed by atoms with Crippen molar-refractivity contribution in [3.63, 3.8) is 0 Å². The van der Waals surface area contributed by atoms with Gasteiger partial charge in [0.1, 0.15) is 11.9 Å². The first-order valence-corrected chi connectivity index (χ1v) is 13.9. The van der Waals surface area contributed by atoms with Gasteiger partial charge in [-0.25, -0.2) is 0 Å². The second kappa shape index (κ2) is 13.1. The van der Waals surface area contributed by atoms with Crippen molar-refractivity contribution in [2.75, 3.05) is 52.1 Å². The standard InChI is InChI=1S/C27H41ClN4O5/c1-35-26-20(27(30)34)15-22(28)25(29)21(26)17-36-19-8-13-31(14-9-19)10-4-2-3-5-24(33)37-23-16-32-11-6-18(23)7-12-32/h15,18-19,23H,2-14,16-17,29H2,1H3,(H2,30,34)/t23-/m1/s1. The van der Waals surface area contributed by atoms with Gasteiger partial charge in [-0.3, -0.25) is 14.5 Å². The van der Waals surface area contributed by atoms with E-state index < -0.39 is 5.91 Å². The van der Waals surface area contributed by atoms with Gasteiger partial charge < -0.3 is 30.6 Å². The number of likely N-dealkylation sites (tertiary alicyclic amines) is 1. The smallest absolute Gasteiger partial charge is 0.306 e. The molecule has 206 valence electrons. The fourth-order valence-corrected chi connectivity index (χ4v) is 6.04. The molecule has 4 aliphatic heterocycles. The third-order valence-corrected chi connectivity index (χ3v) is 8.39. The molecule has 1 aromatic rings. The van der Waals surface area contributed by atoms with Gasteiger partial charge in [-0.05, 0) is 70.1 Å². The van der Waals surface area contributed by atoms with Crippen molar-refractivity contribution in [2.45, 2.75) is 70.2 Å². The monoisotopic (exact) mass is 536 g/mol. The van der Waals surface area contributed by atoms with Crippen LogP contribution in [0, 0.1) is 5.92 Å². The van der Waals surface area contributed by atoms with Crippen molar-refractivity contribution in [3.05, 3.63) is 22.2 Å². The number of hydrogen-bond donors (Lipinski definition) is 2. The van der Waals surface area contributed by atoms with Crippen molar-refractivity contribution in [2.24, 2.45) is 11.7 Å². The first kappa shape index (κ1) is 28.0. The van der Waals surface area contributed by atoms with Crippen molar-refractivity contribution in [3.8, 4) is 5.75 Å².